The van der Waals surface area contributed by atoms with E-state index in [1.54, 1.807) is 11.0 Å². The molecule has 3 aromatic rings. The molecule has 0 saturated carbocycles. The van der Waals surface area contributed by atoms with E-state index >= 15 is 0 Å². The van der Waals surface area contributed by atoms with Gasteiger partial charge >= 0.3 is 0 Å². The van der Waals surface area contributed by atoms with E-state index in [9.17, 15) is 9.18 Å². The zero-order valence-corrected chi connectivity index (χ0v) is 16.7. The third kappa shape index (κ3) is 6.17. The van der Waals surface area contributed by atoms with Crippen LogP contribution < -0.4 is 5.73 Å². The molecule has 0 atom stereocenters. The van der Waals surface area contributed by atoms with Crippen molar-refractivity contribution in [2.45, 2.75) is 32.1 Å². The Kier molecular flexibility index (Phi) is 7.00. The number of rotatable bonds is 9. The molecule has 1 aromatic heterocycles. The highest BCUT2D eigenvalue weighted by atomic mass is 19.1. The summed E-state index contributed by atoms with van der Waals surface area (Å²) in [5.41, 5.74) is 9.92. The topological polar surface area (TPSA) is 75.0 Å². The van der Waals surface area contributed by atoms with Crippen LogP contribution in [0.2, 0.25) is 0 Å². The van der Waals surface area contributed by atoms with Gasteiger partial charge in [-0.2, -0.15) is 5.10 Å². The van der Waals surface area contributed by atoms with Crippen molar-refractivity contribution < 1.29 is 9.18 Å². The van der Waals surface area contributed by atoms with Crippen molar-refractivity contribution in [1.29, 1.82) is 0 Å². The van der Waals surface area contributed by atoms with Gasteiger partial charge in [-0.25, -0.2) is 4.39 Å². The smallest absolute Gasteiger partial charge is 0.226 e. The van der Waals surface area contributed by atoms with Gasteiger partial charge in [-0.3, -0.25) is 9.89 Å². The van der Waals surface area contributed by atoms with Crippen LogP contribution in [-0.4, -0.2) is 34.6 Å². The van der Waals surface area contributed by atoms with Crippen LogP contribution in [0, 0.1) is 5.82 Å². The first kappa shape index (κ1) is 20.6. The zero-order valence-electron chi connectivity index (χ0n) is 16.7. The van der Waals surface area contributed by atoms with Crippen molar-refractivity contribution in [2.75, 3.05) is 19.3 Å². The quantitative estimate of drug-likeness (QED) is 0.422. The average molecular weight is 394 g/mol. The maximum absolute atomic E-state index is 13.3. The monoisotopic (exact) mass is 394 g/mol. The predicted molar refractivity (Wildman–Crippen MR) is 114 cm³/mol. The number of halogens is 1. The summed E-state index contributed by atoms with van der Waals surface area (Å²) in [6.45, 7) is 0.741. The Morgan fingerprint density at radius 1 is 1.10 bits per heavy atom. The Bertz CT molecular complexity index is 936. The van der Waals surface area contributed by atoms with E-state index in [2.05, 4.69) is 10.2 Å². The van der Waals surface area contributed by atoms with Gasteiger partial charge in [0, 0.05) is 30.5 Å². The molecule has 0 saturated heterocycles. The first-order valence-corrected chi connectivity index (χ1v) is 9.90. The zero-order chi connectivity index (χ0) is 20.6. The molecule has 29 heavy (non-hydrogen) atoms. The van der Waals surface area contributed by atoms with Crippen LogP contribution in [0.4, 0.5) is 10.1 Å². The number of likely N-dealkylation sites (N-methyl/N-ethyl adjacent to an activating group) is 1. The fourth-order valence-electron chi connectivity index (χ4n) is 3.20. The SMILES string of the molecule is CN(CCCCCc1cc(-c2cccc(F)c2)n[nH]1)C(=O)Cc1ccc(N)cc1. The minimum Gasteiger partial charge on any atom is -0.399 e. The maximum atomic E-state index is 13.3. The van der Waals surface area contributed by atoms with E-state index in [-0.39, 0.29) is 11.7 Å². The number of carbonyl (C=O) groups is 1. The highest BCUT2D eigenvalue weighted by molar-refractivity contribution is 5.78. The number of H-pyrrole nitrogens is 1. The number of amides is 1. The number of nitrogens with zero attached hydrogens (tertiary/aromatic N) is 2. The van der Waals surface area contributed by atoms with Crippen molar-refractivity contribution in [3.8, 4) is 11.3 Å². The fraction of sp³-hybridized carbons (Fsp3) is 0.304. The lowest BCUT2D eigenvalue weighted by Gasteiger charge is -2.17. The van der Waals surface area contributed by atoms with Gasteiger partial charge in [-0.1, -0.05) is 30.7 Å². The third-order valence-corrected chi connectivity index (χ3v) is 4.95. The molecule has 3 N–H and O–H groups in total. The highest BCUT2D eigenvalue weighted by Crippen LogP contribution is 2.19. The van der Waals surface area contributed by atoms with Gasteiger partial charge in [0.2, 0.25) is 5.91 Å². The molecule has 0 aliphatic rings. The van der Waals surface area contributed by atoms with E-state index in [1.807, 2.05) is 43.4 Å². The van der Waals surface area contributed by atoms with Crippen molar-refractivity contribution in [3.63, 3.8) is 0 Å². The van der Waals surface area contributed by atoms with Crippen molar-refractivity contribution in [1.82, 2.24) is 15.1 Å². The van der Waals surface area contributed by atoms with E-state index in [1.165, 1.54) is 12.1 Å². The summed E-state index contributed by atoms with van der Waals surface area (Å²) in [5, 5.41) is 7.30. The minimum absolute atomic E-state index is 0.114. The van der Waals surface area contributed by atoms with Crippen LogP contribution in [0.5, 0.6) is 0 Å². The molecule has 2 aromatic carbocycles. The Morgan fingerprint density at radius 3 is 2.66 bits per heavy atom. The molecule has 0 aliphatic carbocycles. The first-order chi connectivity index (χ1) is 14.0. The van der Waals surface area contributed by atoms with Crippen molar-refractivity contribution in [2.24, 2.45) is 0 Å². The average Bonchev–Trinajstić information content (AvgIpc) is 3.18. The summed E-state index contributed by atoms with van der Waals surface area (Å²) in [6.07, 6.45) is 4.26. The molecule has 0 aliphatic heterocycles. The largest absolute Gasteiger partial charge is 0.399 e. The van der Waals surface area contributed by atoms with Gasteiger partial charge in [0.1, 0.15) is 5.82 Å². The Hall–Kier alpha value is -3.15. The molecule has 0 unspecified atom stereocenters. The lowest BCUT2D eigenvalue weighted by molar-refractivity contribution is -0.129. The number of anilines is 1. The van der Waals surface area contributed by atoms with Gasteiger partial charge < -0.3 is 10.6 Å². The van der Waals surface area contributed by atoms with E-state index < -0.39 is 0 Å². The van der Waals surface area contributed by atoms with Crippen LogP contribution in [0.15, 0.2) is 54.6 Å². The van der Waals surface area contributed by atoms with Crippen LogP contribution in [0.25, 0.3) is 11.3 Å². The van der Waals surface area contributed by atoms with E-state index in [0.717, 1.165) is 54.7 Å². The molecule has 3 rings (SSSR count). The standard InChI is InChI=1S/C23H27FN4O/c1-28(23(29)14-17-9-11-20(25)12-10-17)13-4-2-3-8-21-16-22(27-26-21)18-6-5-7-19(24)15-18/h5-7,9-12,15-16H,2-4,8,13-14,25H2,1H3,(H,26,27). The molecule has 0 fully saturated rings. The summed E-state index contributed by atoms with van der Waals surface area (Å²) in [6, 6.07) is 15.8. The summed E-state index contributed by atoms with van der Waals surface area (Å²) >= 11 is 0. The second kappa shape index (κ2) is 9.87. The minimum atomic E-state index is -0.262. The van der Waals surface area contributed by atoms with Gasteiger partial charge in [0.15, 0.2) is 0 Å². The molecular weight excluding hydrogens is 367 g/mol. The summed E-state index contributed by atoms with van der Waals surface area (Å²) < 4.78 is 13.3. The number of nitrogens with one attached hydrogen (secondary N) is 1. The number of hydrogen-bond acceptors (Lipinski definition) is 3. The highest BCUT2D eigenvalue weighted by Gasteiger charge is 2.10. The van der Waals surface area contributed by atoms with Crippen molar-refractivity contribution in [3.05, 3.63) is 71.7 Å². The second-order valence-electron chi connectivity index (χ2n) is 7.33. The molecule has 0 bridgehead atoms. The number of hydrogen-bond donors (Lipinski definition) is 2. The van der Waals surface area contributed by atoms with Crippen molar-refractivity contribution >= 4 is 11.6 Å². The number of carbonyl (C=O) groups excluding carboxylic acids is 1. The lowest BCUT2D eigenvalue weighted by Crippen LogP contribution is -2.29. The van der Waals surface area contributed by atoms with Gasteiger partial charge in [0.25, 0.3) is 0 Å². The number of aryl methyl sites for hydroxylation is 1. The second-order valence-corrected chi connectivity index (χ2v) is 7.33. The number of unbranched alkanes of at least 4 members (excludes halogenated alkanes) is 2. The lowest BCUT2D eigenvalue weighted by atomic mass is 10.1. The molecule has 0 radical (unpaired) electrons. The normalized spacial score (nSPS) is 10.8. The van der Waals surface area contributed by atoms with Crippen LogP contribution in [-0.2, 0) is 17.6 Å². The molecule has 1 amide bonds. The first-order valence-electron chi connectivity index (χ1n) is 9.90. The maximum Gasteiger partial charge on any atom is 0.226 e. The Labute approximate surface area is 170 Å². The Balaban J connectivity index is 1.36. The summed E-state index contributed by atoms with van der Waals surface area (Å²) in [7, 11) is 1.85. The fourth-order valence-corrected chi connectivity index (χ4v) is 3.20. The number of benzene rings is 2. The van der Waals surface area contributed by atoms with Crippen LogP contribution >= 0.6 is 0 Å². The van der Waals surface area contributed by atoms with E-state index in [0.29, 0.717) is 12.1 Å². The number of aromatic amines is 1. The number of nitrogens with two attached hydrogens (primary N) is 1. The number of nitrogen functional groups attached to an aromatic ring is 1. The van der Waals surface area contributed by atoms with Crippen LogP contribution in [0.3, 0.4) is 0 Å². The summed E-state index contributed by atoms with van der Waals surface area (Å²) in [4.78, 5) is 14.1. The van der Waals surface area contributed by atoms with Crippen LogP contribution in [0.1, 0.15) is 30.5 Å². The predicted octanol–water partition coefficient (Wildman–Crippen LogP) is 4.21. The van der Waals surface area contributed by atoms with Gasteiger partial charge in [0.05, 0.1) is 12.1 Å². The molecule has 5 nitrogen and oxygen atoms in total. The molecular formula is C23H27FN4O. The molecule has 0 spiro atoms. The van der Waals surface area contributed by atoms with E-state index in [4.69, 9.17) is 5.73 Å². The Morgan fingerprint density at radius 2 is 1.90 bits per heavy atom. The van der Waals surface area contributed by atoms with Gasteiger partial charge in [-0.15, -0.1) is 0 Å². The van der Waals surface area contributed by atoms with Gasteiger partial charge in [-0.05, 0) is 55.2 Å². The molecule has 1 heterocycles. The molecule has 6 heteroatoms. The molecule has 152 valence electrons. The summed E-state index contributed by atoms with van der Waals surface area (Å²) in [5.74, 6) is -0.148. The third-order valence-electron chi connectivity index (χ3n) is 4.95. The number of aromatic nitrogens is 2.